The highest BCUT2D eigenvalue weighted by Crippen LogP contribution is 2.13. The van der Waals surface area contributed by atoms with Gasteiger partial charge < -0.3 is 5.32 Å². The van der Waals surface area contributed by atoms with Crippen LogP contribution in [0.1, 0.15) is 15.9 Å². The van der Waals surface area contributed by atoms with E-state index >= 15 is 0 Å². The third kappa shape index (κ3) is 2.84. The van der Waals surface area contributed by atoms with E-state index in [1.807, 2.05) is 6.07 Å². The predicted molar refractivity (Wildman–Crippen MR) is 68.4 cm³/mol. The Morgan fingerprint density at radius 2 is 2.17 bits per heavy atom. The van der Waals surface area contributed by atoms with Gasteiger partial charge in [-0.05, 0) is 30.3 Å². The minimum absolute atomic E-state index is 0.319. The quantitative estimate of drug-likeness (QED) is 0.900. The Hall–Kier alpha value is -2.38. The summed E-state index contributed by atoms with van der Waals surface area (Å²) in [5.41, 5.74) is 0.873. The molecule has 0 unspecified atom stereocenters. The van der Waals surface area contributed by atoms with Crippen LogP contribution in [0.25, 0.3) is 0 Å². The van der Waals surface area contributed by atoms with E-state index in [9.17, 15) is 4.79 Å². The van der Waals surface area contributed by atoms with E-state index in [2.05, 4.69) is 10.3 Å². The van der Waals surface area contributed by atoms with E-state index in [-0.39, 0.29) is 5.91 Å². The number of anilines is 1. The molecule has 0 aliphatic carbocycles. The van der Waals surface area contributed by atoms with E-state index in [1.54, 1.807) is 30.3 Å². The van der Waals surface area contributed by atoms with E-state index in [0.717, 1.165) is 0 Å². The molecular formula is C13H8ClN3O. The molecule has 0 fully saturated rings. The van der Waals surface area contributed by atoms with Gasteiger partial charge >= 0.3 is 0 Å². The second kappa shape index (κ2) is 5.30. The minimum Gasteiger partial charge on any atom is -0.307 e. The van der Waals surface area contributed by atoms with Gasteiger partial charge in [0.15, 0.2) is 0 Å². The van der Waals surface area contributed by atoms with E-state index in [1.165, 1.54) is 12.3 Å². The lowest BCUT2D eigenvalue weighted by atomic mass is 10.2. The van der Waals surface area contributed by atoms with Gasteiger partial charge in [-0.3, -0.25) is 4.79 Å². The molecule has 5 heteroatoms. The molecular weight excluding hydrogens is 250 g/mol. The van der Waals surface area contributed by atoms with Gasteiger partial charge in [0.25, 0.3) is 5.91 Å². The molecule has 18 heavy (non-hydrogen) atoms. The lowest BCUT2D eigenvalue weighted by molar-refractivity contribution is 0.102. The zero-order chi connectivity index (χ0) is 13.0. The standard InChI is InChI=1S/C13H8ClN3O/c14-11-3-1-2-10(7-11)13(18)17-12-6-9(8-15)4-5-16-12/h1-7H,(H,16,17,18). The highest BCUT2D eigenvalue weighted by molar-refractivity contribution is 6.31. The lowest BCUT2D eigenvalue weighted by Gasteiger charge is -2.04. The Kier molecular flexibility index (Phi) is 3.56. The molecule has 0 bridgehead atoms. The van der Waals surface area contributed by atoms with Crippen LogP contribution in [0.2, 0.25) is 5.02 Å². The molecule has 0 atom stereocenters. The van der Waals surface area contributed by atoms with Gasteiger partial charge in [-0.15, -0.1) is 0 Å². The largest absolute Gasteiger partial charge is 0.307 e. The number of benzene rings is 1. The lowest BCUT2D eigenvalue weighted by Crippen LogP contribution is -2.12. The van der Waals surface area contributed by atoms with Crippen molar-refractivity contribution in [2.45, 2.75) is 0 Å². The Bertz CT molecular complexity index is 634. The van der Waals surface area contributed by atoms with Gasteiger partial charge in [0.05, 0.1) is 11.6 Å². The molecule has 2 rings (SSSR count). The first-order valence-electron chi connectivity index (χ1n) is 5.12. The number of hydrogen-bond acceptors (Lipinski definition) is 3. The normalized spacial score (nSPS) is 9.56. The molecule has 1 amide bonds. The number of hydrogen-bond donors (Lipinski definition) is 1. The molecule has 0 aliphatic rings. The molecule has 1 aromatic carbocycles. The second-order valence-corrected chi connectivity index (χ2v) is 3.94. The van der Waals surface area contributed by atoms with Crippen LogP contribution in [0.5, 0.6) is 0 Å². The molecule has 0 saturated heterocycles. The molecule has 88 valence electrons. The van der Waals surface area contributed by atoms with Crippen LogP contribution in [0, 0.1) is 11.3 Å². The van der Waals surface area contributed by atoms with E-state index in [4.69, 9.17) is 16.9 Å². The predicted octanol–water partition coefficient (Wildman–Crippen LogP) is 2.86. The molecule has 0 aliphatic heterocycles. The van der Waals surface area contributed by atoms with Crippen LogP contribution in [0.3, 0.4) is 0 Å². The van der Waals surface area contributed by atoms with Crippen LogP contribution in [-0.4, -0.2) is 10.9 Å². The van der Waals surface area contributed by atoms with Gasteiger partial charge in [0.1, 0.15) is 5.82 Å². The molecule has 0 saturated carbocycles. The fourth-order valence-corrected chi connectivity index (χ4v) is 1.58. The van der Waals surface area contributed by atoms with Gasteiger partial charge in [-0.2, -0.15) is 5.26 Å². The minimum atomic E-state index is -0.319. The summed E-state index contributed by atoms with van der Waals surface area (Å²) in [5.74, 6) is 0.0131. The Labute approximate surface area is 109 Å². The maximum absolute atomic E-state index is 11.9. The Morgan fingerprint density at radius 1 is 1.33 bits per heavy atom. The zero-order valence-electron chi connectivity index (χ0n) is 9.22. The number of carbonyl (C=O) groups is 1. The molecule has 0 spiro atoms. The van der Waals surface area contributed by atoms with Crippen molar-refractivity contribution < 1.29 is 4.79 Å². The maximum atomic E-state index is 11.9. The first-order valence-corrected chi connectivity index (χ1v) is 5.50. The van der Waals surface area contributed by atoms with E-state index in [0.29, 0.717) is 22.0 Å². The Morgan fingerprint density at radius 3 is 2.89 bits per heavy atom. The van der Waals surface area contributed by atoms with Crippen LogP contribution >= 0.6 is 11.6 Å². The number of rotatable bonds is 2. The summed E-state index contributed by atoms with van der Waals surface area (Å²) in [5, 5.41) is 11.8. The number of nitrogens with zero attached hydrogens (tertiary/aromatic N) is 2. The van der Waals surface area contributed by atoms with Crippen molar-refractivity contribution in [3.05, 3.63) is 58.7 Å². The summed E-state index contributed by atoms with van der Waals surface area (Å²) >= 11 is 5.80. The number of nitriles is 1. The van der Waals surface area contributed by atoms with Crippen LogP contribution < -0.4 is 5.32 Å². The van der Waals surface area contributed by atoms with Crippen molar-refractivity contribution >= 4 is 23.3 Å². The second-order valence-electron chi connectivity index (χ2n) is 3.51. The highest BCUT2D eigenvalue weighted by Gasteiger charge is 2.07. The first kappa shape index (κ1) is 12.1. The van der Waals surface area contributed by atoms with Crippen molar-refractivity contribution in [1.82, 2.24) is 4.98 Å². The molecule has 1 N–H and O–H groups in total. The fourth-order valence-electron chi connectivity index (χ4n) is 1.39. The maximum Gasteiger partial charge on any atom is 0.256 e. The third-order valence-electron chi connectivity index (χ3n) is 2.22. The van der Waals surface area contributed by atoms with Crippen molar-refractivity contribution in [2.75, 3.05) is 5.32 Å². The average Bonchev–Trinajstić information content (AvgIpc) is 2.39. The number of aromatic nitrogens is 1. The Balaban J connectivity index is 2.19. The number of halogens is 1. The fraction of sp³-hybridized carbons (Fsp3) is 0. The van der Waals surface area contributed by atoms with Crippen molar-refractivity contribution in [2.24, 2.45) is 0 Å². The summed E-state index contributed by atoms with van der Waals surface area (Å²) < 4.78 is 0. The molecule has 4 nitrogen and oxygen atoms in total. The monoisotopic (exact) mass is 257 g/mol. The highest BCUT2D eigenvalue weighted by atomic mass is 35.5. The van der Waals surface area contributed by atoms with Crippen molar-refractivity contribution in [3.63, 3.8) is 0 Å². The topological polar surface area (TPSA) is 65.8 Å². The van der Waals surface area contributed by atoms with Crippen LogP contribution in [0.4, 0.5) is 5.82 Å². The smallest absolute Gasteiger partial charge is 0.256 e. The van der Waals surface area contributed by atoms with Crippen molar-refractivity contribution in [3.8, 4) is 6.07 Å². The summed E-state index contributed by atoms with van der Waals surface area (Å²) in [7, 11) is 0. The third-order valence-corrected chi connectivity index (χ3v) is 2.45. The van der Waals surface area contributed by atoms with Crippen molar-refractivity contribution in [1.29, 1.82) is 5.26 Å². The number of amides is 1. The number of nitrogens with one attached hydrogen (secondary N) is 1. The number of carbonyl (C=O) groups excluding carboxylic acids is 1. The van der Waals surface area contributed by atoms with Gasteiger partial charge in [-0.25, -0.2) is 4.98 Å². The molecule has 0 radical (unpaired) electrons. The van der Waals surface area contributed by atoms with E-state index < -0.39 is 0 Å². The summed E-state index contributed by atoms with van der Waals surface area (Å²) in [4.78, 5) is 15.8. The summed E-state index contributed by atoms with van der Waals surface area (Å²) in [6.45, 7) is 0. The summed E-state index contributed by atoms with van der Waals surface area (Å²) in [6.07, 6.45) is 1.46. The van der Waals surface area contributed by atoms with Gasteiger partial charge in [-0.1, -0.05) is 17.7 Å². The van der Waals surface area contributed by atoms with Gasteiger partial charge in [0, 0.05) is 16.8 Å². The van der Waals surface area contributed by atoms with Crippen LogP contribution in [0.15, 0.2) is 42.6 Å². The summed E-state index contributed by atoms with van der Waals surface area (Å²) in [6, 6.07) is 11.6. The molecule has 1 heterocycles. The van der Waals surface area contributed by atoms with Gasteiger partial charge in [0.2, 0.25) is 0 Å². The molecule has 2 aromatic rings. The SMILES string of the molecule is N#Cc1ccnc(NC(=O)c2cccc(Cl)c2)c1. The van der Waals surface area contributed by atoms with Crippen LogP contribution in [-0.2, 0) is 0 Å². The average molecular weight is 258 g/mol. The number of pyridine rings is 1. The first-order chi connectivity index (χ1) is 8.69. The zero-order valence-corrected chi connectivity index (χ0v) is 9.98. The molecule has 1 aromatic heterocycles.